The number of β-amino-alcohol motifs (C(OH)–C–C–N with tert-alkyl or cyclic N) is 1. The van der Waals surface area contributed by atoms with Gasteiger partial charge in [-0.1, -0.05) is 13.0 Å². The molecule has 21 heavy (non-hydrogen) atoms. The van der Waals surface area contributed by atoms with Crippen LogP contribution in [0.3, 0.4) is 0 Å². The summed E-state index contributed by atoms with van der Waals surface area (Å²) in [6, 6.07) is 4.52. The van der Waals surface area contributed by atoms with Crippen LogP contribution in [-0.4, -0.2) is 60.9 Å². The summed E-state index contributed by atoms with van der Waals surface area (Å²) in [5.41, 5.74) is 1.28. The van der Waals surface area contributed by atoms with Gasteiger partial charge in [0.1, 0.15) is 5.82 Å². The monoisotopic (exact) mass is 292 g/mol. The van der Waals surface area contributed by atoms with Crippen molar-refractivity contribution in [1.82, 2.24) is 15.2 Å². The van der Waals surface area contributed by atoms with Crippen molar-refractivity contribution in [2.75, 3.05) is 50.8 Å². The molecular weight excluding hydrogens is 264 g/mol. The zero-order valence-corrected chi connectivity index (χ0v) is 13.3. The smallest absolute Gasteiger partial charge is 0.133 e. The van der Waals surface area contributed by atoms with Crippen LogP contribution < -0.4 is 10.2 Å². The van der Waals surface area contributed by atoms with E-state index >= 15 is 0 Å². The van der Waals surface area contributed by atoms with Crippen LogP contribution in [0.15, 0.2) is 18.3 Å². The fourth-order valence-corrected chi connectivity index (χ4v) is 2.81. The van der Waals surface area contributed by atoms with Crippen LogP contribution in [0, 0.1) is 0 Å². The number of rotatable bonds is 7. The molecule has 1 unspecified atom stereocenters. The van der Waals surface area contributed by atoms with Gasteiger partial charge in [0.05, 0.1) is 6.61 Å². The Kier molecular flexibility index (Phi) is 6.42. The zero-order valence-electron chi connectivity index (χ0n) is 13.3. The number of pyridine rings is 1. The van der Waals surface area contributed by atoms with Crippen LogP contribution >= 0.6 is 0 Å². The van der Waals surface area contributed by atoms with Crippen molar-refractivity contribution in [3.8, 4) is 0 Å². The molecular formula is C16H28N4O. The molecule has 1 fully saturated rings. The molecule has 5 heteroatoms. The minimum absolute atomic E-state index is 0.243. The van der Waals surface area contributed by atoms with Gasteiger partial charge in [-0.25, -0.2) is 4.98 Å². The predicted molar refractivity (Wildman–Crippen MR) is 86.7 cm³/mol. The van der Waals surface area contributed by atoms with Crippen molar-refractivity contribution in [3.05, 3.63) is 23.9 Å². The summed E-state index contributed by atoms with van der Waals surface area (Å²) >= 11 is 0. The van der Waals surface area contributed by atoms with Crippen molar-refractivity contribution in [1.29, 1.82) is 0 Å². The highest BCUT2D eigenvalue weighted by atomic mass is 16.3. The Morgan fingerprint density at radius 2 is 2.10 bits per heavy atom. The van der Waals surface area contributed by atoms with Crippen LogP contribution in [-0.2, 0) is 0 Å². The van der Waals surface area contributed by atoms with Crippen LogP contribution in [0.4, 0.5) is 5.82 Å². The van der Waals surface area contributed by atoms with E-state index in [-0.39, 0.29) is 6.61 Å². The number of aromatic nitrogens is 1. The minimum atomic E-state index is 0.243. The van der Waals surface area contributed by atoms with E-state index in [1.54, 1.807) is 0 Å². The second-order valence-electron chi connectivity index (χ2n) is 5.64. The quantitative estimate of drug-likeness (QED) is 0.792. The zero-order chi connectivity index (χ0) is 15.1. The molecule has 0 saturated carbocycles. The summed E-state index contributed by atoms with van der Waals surface area (Å²) in [6.45, 7) is 10.4. The highest BCUT2D eigenvalue weighted by Gasteiger charge is 2.21. The van der Waals surface area contributed by atoms with Crippen molar-refractivity contribution in [2.24, 2.45) is 0 Å². The first-order valence-corrected chi connectivity index (χ1v) is 8.02. The lowest BCUT2D eigenvalue weighted by Crippen LogP contribution is -2.47. The molecule has 1 aromatic heterocycles. The summed E-state index contributed by atoms with van der Waals surface area (Å²) in [7, 11) is 0. The van der Waals surface area contributed by atoms with Crippen molar-refractivity contribution in [3.63, 3.8) is 0 Å². The van der Waals surface area contributed by atoms with Gasteiger partial charge in [-0.05, 0) is 26.0 Å². The fraction of sp³-hybridized carbons (Fsp3) is 0.688. The first-order valence-electron chi connectivity index (χ1n) is 8.02. The van der Waals surface area contributed by atoms with Crippen LogP contribution in [0.5, 0.6) is 0 Å². The maximum absolute atomic E-state index is 9.02. The SMILES string of the molecule is CCCNC(C)c1cccnc1N1CCN(CCO)CC1. The molecule has 0 aliphatic carbocycles. The topological polar surface area (TPSA) is 51.6 Å². The number of piperazine rings is 1. The molecule has 5 nitrogen and oxygen atoms in total. The molecule has 118 valence electrons. The van der Waals surface area contributed by atoms with Gasteiger partial charge in [0.2, 0.25) is 0 Å². The molecule has 1 saturated heterocycles. The van der Waals surface area contributed by atoms with Crippen molar-refractivity contribution < 1.29 is 5.11 Å². The number of aliphatic hydroxyl groups is 1. The second kappa shape index (κ2) is 8.32. The molecule has 1 atom stereocenters. The first-order chi connectivity index (χ1) is 10.3. The van der Waals surface area contributed by atoms with Gasteiger partial charge in [0, 0.05) is 50.5 Å². The molecule has 2 heterocycles. The molecule has 0 radical (unpaired) electrons. The van der Waals surface area contributed by atoms with E-state index in [2.05, 4.69) is 40.0 Å². The minimum Gasteiger partial charge on any atom is -0.395 e. The Balaban J connectivity index is 2.03. The third-order valence-electron chi connectivity index (χ3n) is 4.07. The van der Waals surface area contributed by atoms with Gasteiger partial charge in [-0.15, -0.1) is 0 Å². The number of nitrogens with one attached hydrogen (secondary N) is 1. The Bertz CT molecular complexity index is 418. The van der Waals surface area contributed by atoms with E-state index < -0.39 is 0 Å². The Hall–Kier alpha value is -1.17. The Morgan fingerprint density at radius 1 is 1.33 bits per heavy atom. The lowest BCUT2D eigenvalue weighted by molar-refractivity contribution is 0.188. The Labute approximate surface area is 128 Å². The highest BCUT2D eigenvalue weighted by molar-refractivity contribution is 5.48. The summed E-state index contributed by atoms with van der Waals surface area (Å²) in [5.74, 6) is 1.11. The van der Waals surface area contributed by atoms with Gasteiger partial charge >= 0.3 is 0 Å². The molecule has 1 aliphatic heterocycles. The molecule has 2 N–H and O–H groups in total. The normalized spacial score (nSPS) is 18.0. The molecule has 0 spiro atoms. The molecule has 1 aliphatic rings. The predicted octanol–water partition coefficient (Wildman–Crippen LogP) is 1.26. The fourth-order valence-electron chi connectivity index (χ4n) is 2.81. The molecule has 0 amide bonds. The summed E-state index contributed by atoms with van der Waals surface area (Å²) < 4.78 is 0. The van der Waals surface area contributed by atoms with Gasteiger partial charge < -0.3 is 15.3 Å². The first kappa shape index (κ1) is 16.2. The van der Waals surface area contributed by atoms with E-state index in [1.807, 2.05) is 12.3 Å². The van der Waals surface area contributed by atoms with Crippen LogP contribution in [0.2, 0.25) is 0 Å². The lowest BCUT2D eigenvalue weighted by Gasteiger charge is -2.36. The van der Waals surface area contributed by atoms with Crippen molar-refractivity contribution >= 4 is 5.82 Å². The van der Waals surface area contributed by atoms with E-state index in [0.717, 1.165) is 51.5 Å². The van der Waals surface area contributed by atoms with Crippen LogP contribution in [0.1, 0.15) is 31.9 Å². The molecule has 1 aromatic rings. The highest BCUT2D eigenvalue weighted by Crippen LogP contribution is 2.24. The summed E-state index contributed by atoms with van der Waals surface area (Å²) in [5, 5.41) is 12.6. The number of nitrogens with zero attached hydrogens (tertiary/aromatic N) is 3. The molecule has 2 rings (SSSR count). The number of anilines is 1. The second-order valence-corrected chi connectivity index (χ2v) is 5.64. The van der Waals surface area contributed by atoms with Gasteiger partial charge in [-0.3, -0.25) is 4.90 Å². The van der Waals surface area contributed by atoms with Crippen molar-refractivity contribution in [2.45, 2.75) is 26.3 Å². The third kappa shape index (κ3) is 4.40. The van der Waals surface area contributed by atoms with E-state index in [4.69, 9.17) is 5.11 Å². The van der Waals surface area contributed by atoms with Gasteiger partial charge in [0.25, 0.3) is 0 Å². The van der Waals surface area contributed by atoms with E-state index in [9.17, 15) is 0 Å². The number of hydrogen-bond acceptors (Lipinski definition) is 5. The third-order valence-corrected chi connectivity index (χ3v) is 4.07. The number of hydrogen-bond donors (Lipinski definition) is 2. The summed E-state index contributed by atoms with van der Waals surface area (Å²) in [4.78, 5) is 9.29. The van der Waals surface area contributed by atoms with E-state index in [1.165, 1.54) is 5.56 Å². The average molecular weight is 292 g/mol. The average Bonchev–Trinajstić information content (AvgIpc) is 2.54. The Morgan fingerprint density at radius 3 is 2.76 bits per heavy atom. The molecule has 0 bridgehead atoms. The van der Waals surface area contributed by atoms with Gasteiger partial charge in [0.15, 0.2) is 0 Å². The largest absolute Gasteiger partial charge is 0.395 e. The molecule has 0 aromatic carbocycles. The maximum Gasteiger partial charge on any atom is 0.133 e. The number of aliphatic hydroxyl groups excluding tert-OH is 1. The summed E-state index contributed by atoms with van der Waals surface area (Å²) in [6.07, 6.45) is 3.02. The van der Waals surface area contributed by atoms with Crippen LogP contribution in [0.25, 0.3) is 0 Å². The maximum atomic E-state index is 9.02. The van der Waals surface area contributed by atoms with Gasteiger partial charge in [-0.2, -0.15) is 0 Å². The van der Waals surface area contributed by atoms with E-state index in [0.29, 0.717) is 6.04 Å². The standard InChI is InChI=1S/C16H28N4O/c1-3-6-17-14(2)15-5-4-7-18-16(15)20-10-8-19(9-11-20)12-13-21/h4-5,7,14,17,21H,3,6,8-13H2,1-2H3. The lowest BCUT2D eigenvalue weighted by atomic mass is 10.1.